The minimum absolute atomic E-state index is 0.886. The van der Waals surface area contributed by atoms with Crippen molar-refractivity contribution in [1.29, 1.82) is 0 Å². The molecule has 4 saturated carbocycles. The fraction of sp³-hybridized carbons (Fsp3) is 0.889. The first kappa shape index (κ1) is 12.8. The van der Waals surface area contributed by atoms with Crippen molar-refractivity contribution in [3.8, 4) is 0 Å². The number of allylic oxidation sites excluding steroid dienone is 1. The van der Waals surface area contributed by atoms with E-state index < -0.39 is 0 Å². The lowest BCUT2D eigenvalue weighted by Gasteiger charge is -2.40. The normalized spacial score (nSPS) is 53.7. The molecule has 0 heterocycles. The van der Waals surface area contributed by atoms with Crippen molar-refractivity contribution >= 4 is 11.8 Å². The minimum Gasteiger partial charge on any atom is -0.158 e. The van der Waals surface area contributed by atoms with Gasteiger partial charge in [-0.3, -0.25) is 0 Å². The molecule has 0 radical (unpaired) electrons. The van der Waals surface area contributed by atoms with Gasteiger partial charge in [-0.1, -0.05) is 19.4 Å². The molecule has 4 aliphatic rings. The molecule has 4 unspecified atom stereocenters. The molecule has 8 atom stereocenters. The Hall–Kier alpha value is 0.0900. The lowest BCUT2D eigenvalue weighted by Crippen LogP contribution is -2.36. The minimum atomic E-state index is 0.886. The maximum atomic E-state index is 4.10. The lowest BCUT2D eigenvalue weighted by molar-refractivity contribution is 0.125. The zero-order chi connectivity index (χ0) is 13.0. The standard InChI is InChI=1S/C18H28S/c1-3-5-6-19-16-10-13-9-15(16)18-12-7-11(4-2)14(8-12)17(13)18/h4,11-18H,2-3,5-10H2,1H3/t11-,12?,13?,14-,15-,16-,17?,18?/m0/s1. The molecular weight excluding hydrogens is 248 g/mol. The summed E-state index contributed by atoms with van der Waals surface area (Å²) in [5.74, 6) is 8.91. The maximum Gasteiger partial charge on any atom is 0.00810 e. The van der Waals surface area contributed by atoms with E-state index >= 15 is 0 Å². The van der Waals surface area contributed by atoms with Crippen LogP contribution >= 0.6 is 11.8 Å². The van der Waals surface area contributed by atoms with Gasteiger partial charge in [0.05, 0.1) is 0 Å². The Morgan fingerprint density at radius 1 is 1.05 bits per heavy atom. The van der Waals surface area contributed by atoms with E-state index in [0.717, 1.165) is 46.7 Å². The molecular formula is C18H28S. The maximum absolute atomic E-state index is 4.10. The van der Waals surface area contributed by atoms with Gasteiger partial charge in [0.25, 0.3) is 0 Å². The van der Waals surface area contributed by atoms with Crippen LogP contribution in [-0.4, -0.2) is 11.0 Å². The topological polar surface area (TPSA) is 0 Å². The molecule has 1 heteroatoms. The summed E-state index contributed by atoms with van der Waals surface area (Å²) in [4.78, 5) is 0. The van der Waals surface area contributed by atoms with Crippen molar-refractivity contribution in [2.75, 3.05) is 5.75 Å². The second kappa shape index (κ2) is 4.83. The third-order valence-electron chi connectivity index (χ3n) is 6.94. The van der Waals surface area contributed by atoms with E-state index in [9.17, 15) is 0 Å². The van der Waals surface area contributed by atoms with Gasteiger partial charge in [0.15, 0.2) is 0 Å². The Kier molecular flexibility index (Phi) is 3.25. The first-order chi connectivity index (χ1) is 9.33. The highest BCUT2D eigenvalue weighted by molar-refractivity contribution is 7.99. The number of rotatable bonds is 5. The average molecular weight is 276 g/mol. The summed E-state index contributed by atoms with van der Waals surface area (Å²) in [6, 6.07) is 0. The van der Waals surface area contributed by atoms with Crippen LogP contribution in [0, 0.1) is 41.4 Å². The second-order valence-corrected chi connectivity index (χ2v) is 8.95. The van der Waals surface area contributed by atoms with Crippen molar-refractivity contribution in [1.82, 2.24) is 0 Å². The van der Waals surface area contributed by atoms with Crippen molar-refractivity contribution in [2.24, 2.45) is 41.4 Å². The first-order valence-corrected chi connectivity index (χ1v) is 9.62. The predicted molar refractivity (Wildman–Crippen MR) is 84.2 cm³/mol. The van der Waals surface area contributed by atoms with Crippen molar-refractivity contribution in [3.05, 3.63) is 12.7 Å². The molecule has 0 N–H and O–H groups in total. The van der Waals surface area contributed by atoms with Gasteiger partial charge < -0.3 is 0 Å². The van der Waals surface area contributed by atoms with E-state index in [1.807, 2.05) is 0 Å². The molecule has 4 aliphatic carbocycles. The molecule has 106 valence electrons. The Bertz CT molecular complexity index is 363. The molecule has 0 amide bonds. The van der Waals surface area contributed by atoms with Crippen LogP contribution in [-0.2, 0) is 0 Å². The largest absolute Gasteiger partial charge is 0.158 e. The molecule has 19 heavy (non-hydrogen) atoms. The Morgan fingerprint density at radius 2 is 1.79 bits per heavy atom. The number of fused-ring (bicyclic) bond motifs is 9. The van der Waals surface area contributed by atoms with Crippen LogP contribution in [0.25, 0.3) is 0 Å². The van der Waals surface area contributed by atoms with E-state index in [-0.39, 0.29) is 0 Å². The Balaban J connectivity index is 1.45. The Morgan fingerprint density at radius 3 is 2.58 bits per heavy atom. The molecule has 4 rings (SSSR count). The summed E-state index contributed by atoms with van der Waals surface area (Å²) in [5.41, 5.74) is 0. The number of hydrogen-bond donors (Lipinski definition) is 0. The smallest absolute Gasteiger partial charge is 0.00810 e. The summed E-state index contributed by atoms with van der Waals surface area (Å²) in [6.45, 7) is 6.42. The molecule has 0 aliphatic heterocycles. The van der Waals surface area contributed by atoms with Gasteiger partial charge in [-0.15, -0.1) is 6.58 Å². The van der Waals surface area contributed by atoms with Gasteiger partial charge >= 0.3 is 0 Å². The highest BCUT2D eigenvalue weighted by atomic mass is 32.2. The molecule has 0 saturated heterocycles. The lowest BCUT2D eigenvalue weighted by atomic mass is 9.67. The van der Waals surface area contributed by atoms with E-state index in [1.54, 1.807) is 19.3 Å². The van der Waals surface area contributed by atoms with Crippen LogP contribution in [0.3, 0.4) is 0 Å². The molecule has 0 aromatic carbocycles. The summed E-state index contributed by atoms with van der Waals surface area (Å²) in [6.07, 6.45) is 11.3. The monoisotopic (exact) mass is 276 g/mol. The van der Waals surface area contributed by atoms with Crippen LogP contribution in [0.2, 0.25) is 0 Å². The zero-order valence-corrected chi connectivity index (χ0v) is 13.1. The summed E-state index contributed by atoms with van der Waals surface area (Å²) in [7, 11) is 0. The van der Waals surface area contributed by atoms with Crippen molar-refractivity contribution in [3.63, 3.8) is 0 Å². The van der Waals surface area contributed by atoms with E-state index in [4.69, 9.17) is 0 Å². The quantitative estimate of drug-likeness (QED) is 0.387. The van der Waals surface area contributed by atoms with Crippen LogP contribution in [0.1, 0.15) is 45.4 Å². The van der Waals surface area contributed by atoms with Gasteiger partial charge in [0.1, 0.15) is 0 Å². The predicted octanol–water partition coefficient (Wildman–Crippen LogP) is 5.00. The van der Waals surface area contributed by atoms with Gasteiger partial charge in [-0.25, -0.2) is 0 Å². The van der Waals surface area contributed by atoms with Gasteiger partial charge in [0, 0.05) is 5.25 Å². The molecule has 0 spiro atoms. The van der Waals surface area contributed by atoms with E-state index in [2.05, 4.69) is 31.3 Å². The fourth-order valence-electron chi connectivity index (χ4n) is 6.43. The van der Waals surface area contributed by atoms with Crippen molar-refractivity contribution in [2.45, 2.75) is 50.7 Å². The van der Waals surface area contributed by atoms with Crippen molar-refractivity contribution < 1.29 is 0 Å². The van der Waals surface area contributed by atoms with Crippen LogP contribution in [0.15, 0.2) is 12.7 Å². The summed E-state index contributed by atoms with van der Waals surface area (Å²) < 4.78 is 0. The summed E-state index contributed by atoms with van der Waals surface area (Å²) in [5, 5.41) is 1.04. The molecule has 4 bridgehead atoms. The number of unbranched alkanes of at least 4 members (excludes halogenated alkanes) is 1. The summed E-state index contributed by atoms with van der Waals surface area (Å²) >= 11 is 2.33. The number of hydrogen-bond acceptors (Lipinski definition) is 1. The highest BCUT2D eigenvalue weighted by Crippen LogP contribution is 2.70. The van der Waals surface area contributed by atoms with Crippen LogP contribution in [0.4, 0.5) is 0 Å². The molecule has 0 aromatic heterocycles. The first-order valence-electron chi connectivity index (χ1n) is 8.57. The number of thioether (sulfide) groups is 1. The zero-order valence-electron chi connectivity index (χ0n) is 12.3. The molecule has 0 nitrogen and oxygen atoms in total. The highest BCUT2D eigenvalue weighted by Gasteiger charge is 2.63. The van der Waals surface area contributed by atoms with Gasteiger partial charge in [0.2, 0.25) is 0 Å². The van der Waals surface area contributed by atoms with Crippen LogP contribution in [0.5, 0.6) is 0 Å². The van der Waals surface area contributed by atoms with E-state index in [1.165, 1.54) is 25.0 Å². The van der Waals surface area contributed by atoms with Gasteiger partial charge in [-0.2, -0.15) is 11.8 Å². The Labute approximate surface area is 122 Å². The van der Waals surface area contributed by atoms with Crippen LogP contribution < -0.4 is 0 Å². The second-order valence-electron chi connectivity index (χ2n) is 7.61. The van der Waals surface area contributed by atoms with Gasteiger partial charge in [-0.05, 0) is 79.3 Å². The average Bonchev–Trinajstić information content (AvgIpc) is 3.15. The SMILES string of the molecule is C=C[C@H]1CC2C[C@@H]1C1C3C[C@H](SCCCC)[C@H](C3)C21. The molecule has 4 fully saturated rings. The third kappa shape index (κ3) is 1.79. The third-order valence-corrected chi connectivity index (χ3v) is 8.44. The fourth-order valence-corrected chi connectivity index (χ4v) is 8.11. The van der Waals surface area contributed by atoms with E-state index in [0.29, 0.717) is 0 Å². The molecule has 0 aromatic rings.